The van der Waals surface area contributed by atoms with Crippen molar-refractivity contribution in [3.8, 4) is 0 Å². The van der Waals surface area contributed by atoms with Gasteiger partial charge in [0.1, 0.15) is 0 Å². The first-order valence-electron chi connectivity index (χ1n) is 8.93. The molecule has 2 fully saturated rings. The van der Waals surface area contributed by atoms with Gasteiger partial charge in [0.05, 0.1) is 19.2 Å². The van der Waals surface area contributed by atoms with E-state index in [1.165, 1.54) is 18.4 Å². The molecule has 3 rings (SSSR count). The third-order valence-corrected chi connectivity index (χ3v) is 5.92. The number of nitrogens with zero attached hydrogens (tertiary/aromatic N) is 3. The lowest BCUT2D eigenvalue weighted by Crippen LogP contribution is -2.42. The van der Waals surface area contributed by atoms with Gasteiger partial charge in [0.25, 0.3) is 0 Å². The first-order chi connectivity index (χ1) is 11.6. The van der Waals surface area contributed by atoms with Crippen LogP contribution in [0.1, 0.15) is 31.4 Å². The molecule has 0 aromatic carbocycles. The molecule has 3 heterocycles. The number of hydrogen-bond acceptors (Lipinski definition) is 4. The normalized spacial score (nSPS) is 25.8. The largest absolute Gasteiger partial charge is 0.381 e. The SMILES string of the molecule is CCNC(=NCC(c1ccsc1)N(C)C)N1CCC2(CCOC2)C1. The molecule has 6 heteroatoms. The Labute approximate surface area is 149 Å². The molecule has 0 saturated carbocycles. The standard InChI is InChI=1S/C18H30N4OS/c1-4-19-17(22-8-6-18(13-22)7-9-23-14-18)20-11-16(21(2)3)15-5-10-24-12-15/h5,10,12,16H,4,6-9,11,13-14H2,1-3H3,(H,19,20). The molecule has 2 saturated heterocycles. The molecule has 2 aliphatic heterocycles. The van der Waals surface area contributed by atoms with Crippen molar-refractivity contribution in [3.63, 3.8) is 0 Å². The second kappa shape index (κ2) is 7.85. The Bertz CT molecular complexity index is 537. The molecule has 134 valence electrons. The minimum Gasteiger partial charge on any atom is -0.381 e. The van der Waals surface area contributed by atoms with Crippen LogP contribution in [-0.4, -0.2) is 69.2 Å². The van der Waals surface area contributed by atoms with Crippen molar-refractivity contribution < 1.29 is 4.74 Å². The van der Waals surface area contributed by atoms with Crippen LogP contribution in [-0.2, 0) is 4.74 Å². The summed E-state index contributed by atoms with van der Waals surface area (Å²) in [5.41, 5.74) is 1.72. The molecule has 5 nitrogen and oxygen atoms in total. The molecule has 0 bridgehead atoms. The topological polar surface area (TPSA) is 40.1 Å². The first kappa shape index (κ1) is 17.7. The van der Waals surface area contributed by atoms with Crippen LogP contribution in [0.4, 0.5) is 0 Å². The van der Waals surface area contributed by atoms with Crippen molar-refractivity contribution in [2.45, 2.75) is 25.8 Å². The molecular weight excluding hydrogens is 320 g/mol. The zero-order valence-electron chi connectivity index (χ0n) is 15.1. The number of aliphatic imine (C=N–C) groups is 1. The maximum absolute atomic E-state index is 5.66. The Morgan fingerprint density at radius 2 is 2.38 bits per heavy atom. The molecule has 2 aliphatic rings. The lowest BCUT2D eigenvalue weighted by Gasteiger charge is -2.26. The Balaban J connectivity index is 1.69. The Hall–Kier alpha value is -1.11. The summed E-state index contributed by atoms with van der Waals surface area (Å²) in [4.78, 5) is 9.67. The molecule has 1 aromatic heterocycles. The van der Waals surface area contributed by atoms with Gasteiger partial charge in [0.15, 0.2) is 5.96 Å². The highest BCUT2D eigenvalue weighted by atomic mass is 32.1. The van der Waals surface area contributed by atoms with E-state index in [1.54, 1.807) is 11.3 Å². The van der Waals surface area contributed by atoms with E-state index in [4.69, 9.17) is 9.73 Å². The highest BCUT2D eigenvalue weighted by molar-refractivity contribution is 7.07. The fraction of sp³-hybridized carbons (Fsp3) is 0.722. The fourth-order valence-corrected chi connectivity index (χ4v) is 4.42. The van der Waals surface area contributed by atoms with Crippen LogP contribution in [0.25, 0.3) is 0 Å². The first-order valence-corrected chi connectivity index (χ1v) is 9.87. The van der Waals surface area contributed by atoms with E-state index in [-0.39, 0.29) is 0 Å². The smallest absolute Gasteiger partial charge is 0.194 e. The molecule has 2 atom stereocenters. The maximum Gasteiger partial charge on any atom is 0.194 e. The zero-order chi connectivity index (χ0) is 17.0. The fourth-order valence-electron chi connectivity index (χ4n) is 3.72. The molecule has 2 unspecified atom stereocenters. The summed E-state index contributed by atoms with van der Waals surface area (Å²) in [5.74, 6) is 1.06. The lowest BCUT2D eigenvalue weighted by atomic mass is 9.87. The van der Waals surface area contributed by atoms with Gasteiger partial charge in [0, 0.05) is 31.7 Å². The Morgan fingerprint density at radius 1 is 1.50 bits per heavy atom. The van der Waals surface area contributed by atoms with Crippen LogP contribution >= 0.6 is 11.3 Å². The molecule has 1 spiro atoms. The molecule has 0 aliphatic carbocycles. The summed E-state index contributed by atoms with van der Waals surface area (Å²) in [5, 5.41) is 7.86. The average Bonchev–Trinajstić information content (AvgIpc) is 3.30. The Kier molecular flexibility index (Phi) is 5.79. The van der Waals surface area contributed by atoms with Gasteiger partial charge in [-0.05, 0) is 56.3 Å². The van der Waals surface area contributed by atoms with Crippen molar-refractivity contribution in [2.24, 2.45) is 10.4 Å². The molecular formula is C18H30N4OS. The van der Waals surface area contributed by atoms with Crippen LogP contribution in [0.15, 0.2) is 21.8 Å². The van der Waals surface area contributed by atoms with Gasteiger partial charge < -0.3 is 19.9 Å². The van der Waals surface area contributed by atoms with Gasteiger partial charge in [0.2, 0.25) is 0 Å². The van der Waals surface area contributed by atoms with Gasteiger partial charge in [-0.3, -0.25) is 4.99 Å². The number of rotatable bonds is 5. The van der Waals surface area contributed by atoms with E-state index in [9.17, 15) is 0 Å². The van der Waals surface area contributed by atoms with Gasteiger partial charge in [-0.15, -0.1) is 0 Å². The number of guanidine groups is 1. The van der Waals surface area contributed by atoms with E-state index >= 15 is 0 Å². The van der Waals surface area contributed by atoms with Gasteiger partial charge in [-0.25, -0.2) is 0 Å². The van der Waals surface area contributed by atoms with Crippen LogP contribution in [0.5, 0.6) is 0 Å². The second-order valence-corrected chi connectivity index (χ2v) is 7.98. The summed E-state index contributed by atoms with van der Waals surface area (Å²) in [7, 11) is 4.26. The molecule has 24 heavy (non-hydrogen) atoms. The van der Waals surface area contributed by atoms with Crippen LogP contribution < -0.4 is 5.32 Å². The highest BCUT2D eigenvalue weighted by Gasteiger charge is 2.42. The maximum atomic E-state index is 5.66. The molecule has 0 amide bonds. The summed E-state index contributed by atoms with van der Waals surface area (Å²) in [6.45, 7) is 7.82. The van der Waals surface area contributed by atoms with Gasteiger partial charge in [-0.2, -0.15) is 11.3 Å². The average molecular weight is 351 g/mol. The van der Waals surface area contributed by atoms with Crippen molar-refractivity contribution >= 4 is 17.3 Å². The summed E-state index contributed by atoms with van der Waals surface area (Å²) in [6.07, 6.45) is 2.41. The summed E-state index contributed by atoms with van der Waals surface area (Å²) < 4.78 is 5.66. The van der Waals surface area contributed by atoms with E-state index in [1.807, 2.05) is 0 Å². The number of nitrogens with one attached hydrogen (secondary N) is 1. The second-order valence-electron chi connectivity index (χ2n) is 7.20. The number of likely N-dealkylation sites (N-methyl/N-ethyl adjacent to an activating group) is 1. The molecule has 1 N–H and O–H groups in total. The van der Waals surface area contributed by atoms with Crippen molar-refractivity contribution in [1.29, 1.82) is 0 Å². The van der Waals surface area contributed by atoms with E-state index in [0.717, 1.165) is 45.4 Å². The number of thiophene rings is 1. The quantitative estimate of drug-likeness (QED) is 0.654. The predicted octanol–water partition coefficient (Wildman–Crippen LogP) is 2.43. The van der Waals surface area contributed by atoms with Crippen molar-refractivity contribution in [2.75, 3.05) is 53.5 Å². The minimum absolute atomic E-state index is 0.330. The Morgan fingerprint density at radius 3 is 3.00 bits per heavy atom. The van der Waals surface area contributed by atoms with Crippen molar-refractivity contribution in [3.05, 3.63) is 22.4 Å². The van der Waals surface area contributed by atoms with Gasteiger partial charge >= 0.3 is 0 Å². The van der Waals surface area contributed by atoms with Crippen LogP contribution in [0.3, 0.4) is 0 Å². The van der Waals surface area contributed by atoms with Crippen LogP contribution in [0.2, 0.25) is 0 Å². The lowest BCUT2D eigenvalue weighted by molar-refractivity contribution is 0.156. The van der Waals surface area contributed by atoms with E-state index in [2.05, 4.69) is 53.0 Å². The van der Waals surface area contributed by atoms with Gasteiger partial charge in [-0.1, -0.05) is 0 Å². The van der Waals surface area contributed by atoms with Crippen molar-refractivity contribution in [1.82, 2.24) is 15.1 Å². The number of likely N-dealkylation sites (tertiary alicyclic amines) is 1. The molecule has 0 radical (unpaired) electrons. The zero-order valence-corrected chi connectivity index (χ0v) is 15.9. The minimum atomic E-state index is 0.330. The predicted molar refractivity (Wildman–Crippen MR) is 101 cm³/mol. The number of ether oxygens (including phenoxy) is 1. The molecule has 1 aromatic rings. The van der Waals surface area contributed by atoms with E-state index < -0.39 is 0 Å². The third-order valence-electron chi connectivity index (χ3n) is 5.22. The van der Waals surface area contributed by atoms with E-state index in [0.29, 0.717) is 11.5 Å². The van der Waals surface area contributed by atoms with Crippen LogP contribution in [0, 0.1) is 5.41 Å². The number of hydrogen-bond donors (Lipinski definition) is 1. The summed E-state index contributed by atoms with van der Waals surface area (Å²) >= 11 is 1.75. The summed E-state index contributed by atoms with van der Waals surface area (Å²) in [6, 6.07) is 2.54. The third kappa shape index (κ3) is 3.92. The monoisotopic (exact) mass is 350 g/mol. The highest BCUT2D eigenvalue weighted by Crippen LogP contribution is 2.38.